The van der Waals surface area contributed by atoms with Gasteiger partial charge in [0.05, 0.1) is 16.4 Å². The summed E-state index contributed by atoms with van der Waals surface area (Å²) in [6.45, 7) is 2.79. The number of fused-ring (bicyclic) bond motifs is 1. The van der Waals surface area contributed by atoms with Crippen molar-refractivity contribution < 1.29 is 22.3 Å². The zero-order valence-corrected chi connectivity index (χ0v) is 10.6. The highest BCUT2D eigenvalue weighted by atomic mass is 32.2. The molecular formula is C11H11NO5S. The standard InChI is InChI=1S/C11H11NO5S/c1-7(2)18(15,16)17-12-10(13)8-5-3-4-6-9(8)11(12)14/h3-7H,1-2H3. The minimum Gasteiger partial charge on any atom is -0.266 e. The van der Waals surface area contributed by atoms with E-state index in [0.717, 1.165) is 0 Å². The third-order valence-electron chi connectivity index (χ3n) is 2.51. The van der Waals surface area contributed by atoms with E-state index in [9.17, 15) is 18.0 Å². The van der Waals surface area contributed by atoms with E-state index >= 15 is 0 Å². The monoisotopic (exact) mass is 269 g/mol. The van der Waals surface area contributed by atoms with Crippen LogP contribution in [0.15, 0.2) is 24.3 Å². The van der Waals surface area contributed by atoms with E-state index in [4.69, 9.17) is 0 Å². The molecule has 6 nitrogen and oxygen atoms in total. The lowest BCUT2D eigenvalue weighted by Crippen LogP contribution is -2.35. The molecule has 96 valence electrons. The first-order valence-corrected chi connectivity index (χ1v) is 6.73. The second-order valence-electron chi connectivity index (χ2n) is 4.07. The Hall–Kier alpha value is -1.73. The number of benzene rings is 1. The maximum absolute atomic E-state index is 11.8. The van der Waals surface area contributed by atoms with Gasteiger partial charge in [-0.25, -0.2) is 0 Å². The fourth-order valence-electron chi connectivity index (χ4n) is 1.42. The van der Waals surface area contributed by atoms with Crippen LogP contribution in [0, 0.1) is 0 Å². The Labute approximate surface area is 104 Å². The molecule has 0 saturated carbocycles. The molecule has 1 aliphatic rings. The van der Waals surface area contributed by atoms with Crippen molar-refractivity contribution in [1.29, 1.82) is 0 Å². The first-order chi connectivity index (χ1) is 8.34. The van der Waals surface area contributed by atoms with Crippen molar-refractivity contribution in [1.82, 2.24) is 5.06 Å². The van der Waals surface area contributed by atoms with Crippen LogP contribution < -0.4 is 0 Å². The van der Waals surface area contributed by atoms with Gasteiger partial charge in [-0.1, -0.05) is 12.1 Å². The SMILES string of the molecule is CC(C)S(=O)(=O)ON1C(=O)c2ccccc2C1=O. The minimum atomic E-state index is -3.98. The quantitative estimate of drug-likeness (QED) is 0.763. The molecule has 1 aromatic carbocycles. The van der Waals surface area contributed by atoms with Crippen LogP contribution >= 0.6 is 0 Å². The summed E-state index contributed by atoms with van der Waals surface area (Å²) in [5.74, 6) is -1.53. The molecule has 0 unspecified atom stereocenters. The number of amides is 2. The van der Waals surface area contributed by atoms with E-state index in [1.54, 1.807) is 12.1 Å². The number of imide groups is 1. The Morgan fingerprint density at radius 1 is 1.06 bits per heavy atom. The lowest BCUT2D eigenvalue weighted by Gasteiger charge is -2.14. The number of rotatable bonds is 3. The molecule has 18 heavy (non-hydrogen) atoms. The van der Waals surface area contributed by atoms with E-state index in [1.807, 2.05) is 0 Å². The summed E-state index contributed by atoms with van der Waals surface area (Å²) in [6.07, 6.45) is 0. The van der Waals surface area contributed by atoms with Gasteiger partial charge >= 0.3 is 0 Å². The van der Waals surface area contributed by atoms with Crippen molar-refractivity contribution in [3.63, 3.8) is 0 Å². The Morgan fingerprint density at radius 2 is 1.50 bits per heavy atom. The van der Waals surface area contributed by atoms with Crippen molar-refractivity contribution in [2.45, 2.75) is 19.1 Å². The molecule has 0 atom stereocenters. The second kappa shape index (κ2) is 4.18. The van der Waals surface area contributed by atoms with E-state index < -0.39 is 27.2 Å². The molecule has 0 aromatic heterocycles. The number of hydrogen-bond acceptors (Lipinski definition) is 5. The van der Waals surface area contributed by atoms with Crippen LogP contribution in [-0.4, -0.2) is 30.5 Å². The first-order valence-electron chi connectivity index (χ1n) is 5.26. The summed E-state index contributed by atoms with van der Waals surface area (Å²) < 4.78 is 27.7. The largest absolute Gasteiger partial charge is 0.290 e. The Balaban J connectivity index is 2.36. The predicted molar refractivity (Wildman–Crippen MR) is 62.1 cm³/mol. The van der Waals surface area contributed by atoms with Gasteiger partial charge in [-0.15, -0.1) is 9.35 Å². The Kier molecular flexibility index (Phi) is 2.95. The zero-order valence-electron chi connectivity index (χ0n) is 9.78. The van der Waals surface area contributed by atoms with Crippen LogP contribution in [0.2, 0.25) is 0 Å². The summed E-state index contributed by atoms with van der Waals surface area (Å²) in [5, 5.41) is -0.554. The van der Waals surface area contributed by atoms with Crippen molar-refractivity contribution in [2.24, 2.45) is 0 Å². The highest BCUT2D eigenvalue weighted by Crippen LogP contribution is 2.24. The van der Waals surface area contributed by atoms with E-state index in [0.29, 0.717) is 5.06 Å². The molecule has 0 radical (unpaired) electrons. The van der Waals surface area contributed by atoms with Crippen LogP contribution in [0.4, 0.5) is 0 Å². The van der Waals surface area contributed by atoms with Crippen LogP contribution in [0.1, 0.15) is 34.6 Å². The number of carbonyl (C=O) groups excluding carboxylic acids is 2. The van der Waals surface area contributed by atoms with Gasteiger partial charge < -0.3 is 0 Å². The molecule has 1 aliphatic heterocycles. The van der Waals surface area contributed by atoms with Crippen LogP contribution in [0.3, 0.4) is 0 Å². The Bertz CT molecular complexity index is 585. The van der Waals surface area contributed by atoms with Crippen LogP contribution in [-0.2, 0) is 14.4 Å². The van der Waals surface area contributed by atoms with Crippen LogP contribution in [0.5, 0.6) is 0 Å². The molecule has 1 aromatic rings. The summed E-state index contributed by atoms with van der Waals surface area (Å²) in [4.78, 5) is 23.6. The topological polar surface area (TPSA) is 80.8 Å². The van der Waals surface area contributed by atoms with E-state index in [2.05, 4.69) is 4.28 Å². The number of hydroxylamine groups is 2. The molecule has 0 spiro atoms. The highest BCUT2D eigenvalue weighted by molar-refractivity contribution is 7.87. The summed E-state index contributed by atoms with van der Waals surface area (Å²) in [7, 11) is -3.98. The fourth-order valence-corrected chi connectivity index (χ4v) is 1.94. The third kappa shape index (κ3) is 1.91. The van der Waals surface area contributed by atoms with Crippen LogP contribution in [0.25, 0.3) is 0 Å². The number of hydrogen-bond donors (Lipinski definition) is 0. The van der Waals surface area contributed by atoms with Crippen molar-refractivity contribution in [3.8, 4) is 0 Å². The molecule has 2 amide bonds. The second-order valence-corrected chi connectivity index (χ2v) is 6.14. The van der Waals surface area contributed by atoms with Gasteiger partial charge in [-0.2, -0.15) is 8.42 Å². The van der Waals surface area contributed by atoms with Crippen molar-refractivity contribution in [2.75, 3.05) is 0 Å². The first kappa shape index (κ1) is 12.7. The predicted octanol–water partition coefficient (Wildman–Crippen LogP) is 0.952. The molecule has 0 saturated heterocycles. The summed E-state index contributed by atoms with van der Waals surface area (Å²) in [6, 6.07) is 6.07. The van der Waals surface area contributed by atoms with E-state index in [-0.39, 0.29) is 11.1 Å². The zero-order chi connectivity index (χ0) is 13.5. The lowest BCUT2D eigenvalue weighted by molar-refractivity contribution is -0.0108. The van der Waals surface area contributed by atoms with Crippen molar-refractivity contribution >= 4 is 21.9 Å². The Morgan fingerprint density at radius 3 is 1.89 bits per heavy atom. The maximum Gasteiger partial charge on any atom is 0.290 e. The van der Waals surface area contributed by atoms with Gasteiger partial charge in [0.25, 0.3) is 21.9 Å². The molecule has 0 N–H and O–H groups in total. The lowest BCUT2D eigenvalue weighted by atomic mass is 10.1. The highest BCUT2D eigenvalue weighted by Gasteiger charge is 2.40. The smallest absolute Gasteiger partial charge is 0.266 e. The maximum atomic E-state index is 11.8. The number of nitrogens with zero attached hydrogens (tertiary/aromatic N) is 1. The van der Waals surface area contributed by atoms with Gasteiger partial charge in [0.15, 0.2) is 0 Å². The van der Waals surface area contributed by atoms with Gasteiger partial charge in [-0.3, -0.25) is 9.59 Å². The van der Waals surface area contributed by atoms with Gasteiger partial charge in [0.2, 0.25) is 0 Å². The van der Waals surface area contributed by atoms with E-state index in [1.165, 1.54) is 26.0 Å². The minimum absolute atomic E-state index is 0.140. The molecular weight excluding hydrogens is 258 g/mol. The fraction of sp³-hybridized carbons (Fsp3) is 0.273. The van der Waals surface area contributed by atoms with Gasteiger partial charge in [0, 0.05) is 0 Å². The summed E-state index contributed by atoms with van der Waals surface area (Å²) >= 11 is 0. The average molecular weight is 269 g/mol. The molecule has 7 heteroatoms. The molecule has 0 aliphatic carbocycles. The van der Waals surface area contributed by atoms with Crippen molar-refractivity contribution in [3.05, 3.63) is 35.4 Å². The molecule has 1 heterocycles. The number of carbonyl (C=O) groups is 2. The third-order valence-corrected chi connectivity index (χ3v) is 4.02. The van der Waals surface area contributed by atoms with Gasteiger partial charge in [-0.05, 0) is 26.0 Å². The summed E-state index contributed by atoms with van der Waals surface area (Å²) in [5.41, 5.74) is 0.280. The molecule has 2 rings (SSSR count). The molecule has 0 fully saturated rings. The van der Waals surface area contributed by atoms with Gasteiger partial charge in [0.1, 0.15) is 0 Å². The normalized spacial score (nSPS) is 15.4. The average Bonchev–Trinajstić information content (AvgIpc) is 2.55. The molecule has 0 bridgehead atoms.